The summed E-state index contributed by atoms with van der Waals surface area (Å²) in [5, 5.41) is 9.94. The van der Waals surface area contributed by atoms with Crippen LogP contribution in [0.3, 0.4) is 0 Å². The molecule has 22 heavy (non-hydrogen) atoms. The van der Waals surface area contributed by atoms with Crippen molar-refractivity contribution in [3.63, 3.8) is 0 Å². The van der Waals surface area contributed by atoms with Gasteiger partial charge in [-0.2, -0.15) is 0 Å². The van der Waals surface area contributed by atoms with Crippen LogP contribution in [0.25, 0.3) is 10.9 Å². The Balaban J connectivity index is 1.89. The van der Waals surface area contributed by atoms with Gasteiger partial charge in [0.15, 0.2) is 0 Å². The molecule has 0 atom stereocenters. The van der Waals surface area contributed by atoms with Crippen molar-refractivity contribution in [2.45, 2.75) is 19.4 Å². The summed E-state index contributed by atoms with van der Waals surface area (Å²) in [6.07, 6.45) is 3.64. The van der Waals surface area contributed by atoms with E-state index in [2.05, 4.69) is 4.57 Å². The third-order valence-electron chi connectivity index (χ3n) is 4.12. The third-order valence-corrected chi connectivity index (χ3v) is 4.12. The van der Waals surface area contributed by atoms with Crippen molar-refractivity contribution in [3.8, 4) is 0 Å². The number of morpholine rings is 1. The van der Waals surface area contributed by atoms with Crippen molar-refractivity contribution in [3.05, 3.63) is 36.0 Å². The number of carbonyl (C=O) groups is 1. The van der Waals surface area contributed by atoms with Gasteiger partial charge in [-0.15, -0.1) is 0 Å². The molecule has 1 fully saturated rings. The number of hydrogen-bond donors (Lipinski definition) is 1. The predicted octanol–water partition coefficient (Wildman–Crippen LogP) is 1.89. The second-order valence-electron chi connectivity index (χ2n) is 5.59. The van der Waals surface area contributed by atoms with E-state index >= 15 is 0 Å². The molecule has 3 rings (SSSR count). The molecule has 1 aromatic carbocycles. The molecule has 0 bridgehead atoms. The number of benzene rings is 1. The van der Waals surface area contributed by atoms with E-state index in [1.165, 1.54) is 0 Å². The van der Waals surface area contributed by atoms with Crippen LogP contribution in [-0.2, 0) is 11.3 Å². The Hall–Kier alpha value is -1.85. The van der Waals surface area contributed by atoms with Gasteiger partial charge in [0.05, 0.1) is 18.8 Å². The van der Waals surface area contributed by atoms with Gasteiger partial charge < -0.3 is 19.3 Å². The zero-order chi connectivity index (χ0) is 15.4. The first-order chi connectivity index (χ1) is 10.8. The maximum atomic E-state index is 12.8. The lowest BCUT2D eigenvalue weighted by atomic mass is 10.1. The van der Waals surface area contributed by atoms with E-state index in [4.69, 9.17) is 9.84 Å². The van der Waals surface area contributed by atoms with Crippen LogP contribution < -0.4 is 0 Å². The average Bonchev–Trinajstić information content (AvgIpc) is 2.94. The highest BCUT2D eigenvalue weighted by Crippen LogP contribution is 2.23. The van der Waals surface area contributed by atoms with Crippen LogP contribution in [0.4, 0.5) is 0 Å². The molecule has 118 valence electrons. The van der Waals surface area contributed by atoms with Crippen LogP contribution in [-0.4, -0.2) is 53.4 Å². The predicted molar refractivity (Wildman–Crippen MR) is 85.0 cm³/mol. The monoisotopic (exact) mass is 302 g/mol. The number of aliphatic hydroxyl groups excluding tert-OH is 1. The molecule has 1 saturated heterocycles. The number of para-hydroxylation sites is 1. The SMILES string of the molecule is O=C(c1cn(CCCCO)c2ccccc12)N1CCOCC1. The Kier molecular flexibility index (Phi) is 4.75. The van der Waals surface area contributed by atoms with Gasteiger partial charge >= 0.3 is 0 Å². The Morgan fingerprint density at radius 2 is 1.95 bits per heavy atom. The summed E-state index contributed by atoms with van der Waals surface area (Å²) in [6.45, 7) is 3.56. The zero-order valence-corrected chi connectivity index (χ0v) is 12.7. The van der Waals surface area contributed by atoms with Crippen molar-refractivity contribution in [1.29, 1.82) is 0 Å². The van der Waals surface area contributed by atoms with Crippen LogP contribution in [0.2, 0.25) is 0 Å². The molecule has 1 amide bonds. The summed E-state index contributed by atoms with van der Waals surface area (Å²) in [4.78, 5) is 14.6. The number of rotatable bonds is 5. The van der Waals surface area contributed by atoms with Gasteiger partial charge in [-0.05, 0) is 18.9 Å². The smallest absolute Gasteiger partial charge is 0.256 e. The van der Waals surface area contributed by atoms with E-state index in [-0.39, 0.29) is 12.5 Å². The maximum Gasteiger partial charge on any atom is 0.256 e. The highest BCUT2D eigenvalue weighted by molar-refractivity contribution is 6.07. The minimum absolute atomic E-state index is 0.0837. The fourth-order valence-corrected chi connectivity index (χ4v) is 2.93. The van der Waals surface area contributed by atoms with Crippen LogP contribution >= 0.6 is 0 Å². The van der Waals surface area contributed by atoms with Crippen LogP contribution in [0, 0.1) is 0 Å². The summed E-state index contributed by atoms with van der Waals surface area (Å²) >= 11 is 0. The van der Waals surface area contributed by atoms with Crippen LogP contribution in [0.15, 0.2) is 30.5 Å². The van der Waals surface area contributed by atoms with Crippen molar-refractivity contribution in [2.24, 2.45) is 0 Å². The second-order valence-corrected chi connectivity index (χ2v) is 5.59. The van der Waals surface area contributed by atoms with Crippen molar-refractivity contribution in [2.75, 3.05) is 32.9 Å². The highest BCUT2D eigenvalue weighted by Gasteiger charge is 2.22. The third kappa shape index (κ3) is 3.00. The highest BCUT2D eigenvalue weighted by atomic mass is 16.5. The molecular formula is C17H22N2O3. The standard InChI is InChI=1S/C17H22N2O3/c20-10-4-3-7-19-13-15(14-5-1-2-6-16(14)19)17(21)18-8-11-22-12-9-18/h1-2,5-6,13,20H,3-4,7-12H2. The van der Waals surface area contributed by atoms with E-state index in [0.717, 1.165) is 35.9 Å². The molecule has 5 heteroatoms. The summed E-state index contributed by atoms with van der Waals surface area (Å²) in [7, 11) is 0. The quantitative estimate of drug-likeness (QED) is 0.858. The van der Waals surface area contributed by atoms with E-state index in [1.54, 1.807) is 0 Å². The average molecular weight is 302 g/mol. The molecule has 2 aromatic rings. The van der Waals surface area contributed by atoms with Gasteiger partial charge in [0, 0.05) is 43.3 Å². The Morgan fingerprint density at radius 1 is 1.18 bits per heavy atom. The number of carbonyl (C=O) groups excluding carboxylic acids is 1. The number of ether oxygens (including phenoxy) is 1. The molecule has 0 saturated carbocycles. The van der Waals surface area contributed by atoms with Gasteiger partial charge in [0.1, 0.15) is 0 Å². The van der Waals surface area contributed by atoms with Crippen molar-refractivity contribution < 1.29 is 14.6 Å². The minimum atomic E-state index is 0.0837. The number of unbranched alkanes of at least 4 members (excludes halogenated alkanes) is 1. The fourth-order valence-electron chi connectivity index (χ4n) is 2.93. The molecule has 0 radical (unpaired) electrons. The molecule has 0 aliphatic carbocycles. The van der Waals surface area contributed by atoms with E-state index in [1.807, 2.05) is 35.4 Å². The molecule has 0 unspecified atom stereocenters. The Morgan fingerprint density at radius 3 is 2.73 bits per heavy atom. The summed E-state index contributed by atoms with van der Waals surface area (Å²) in [6, 6.07) is 8.01. The van der Waals surface area contributed by atoms with E-state index in [0.29, 0.717) is 26.3 Å². The molecule has 0 spiro atoms. The van der Waals surface area contributed by atoms with Gasteiger partial charge in [0.25, 0.3) is 5.91 Å². The number of aryl methyl sites for hydroxylation is 1. The van der Waals surface area contributed by atoms with E-state index in [9.17, 15) is 4.79 Å². The summed E-state index contributed by atoms with van der Waals surface area (Å²) in [5.74, 6) is 0.0837. The summed E-state index contributed by atoms with van der Waals surface area (Å²) < 4.78 is 7.44. The second kappa shape index (κ2) is 6.94. The first kappa shape index (κ1) is 15.1. The number of nitrogens with zero attached hydrogens (tertiary/aromatic N) is 2. The minimum Gasteiger partial charge on any atom is -0.396 e. The van der Waals surface area contributed by atoms with Crippen molar-refractivity contribution in [1.82, 2.24) is 9.47 Å². The zero-order valence-electron chi connectivity index (χ0n) is 12.7. The maximum absolute atomic E-state index is 12.8. The molecule has 1 aliphatic heterocycles. The molecular weight excluding hydrogens is 280 g/mol. The largest absolute Gasteiger partial charge is 0.396 e. The first-order valence-corrected chi connectivity index (χ1v) is 7.87. The van der Waals surface area contributed by atoms with Gasteiger partial charge in [0.2, 0.25) is 0 Å². The van der Waals surface area contributed by atoms with Gasteiger partial charge in [-0.25, -0.2) is 0 Å². The molecule has 5 nitrogen and oxygen atoms in total. The lowest BCUT2D eigenvalue weighted by molar-refractivity contribution is 0.0304. The number of hydrogen-bond acceptors (Lipinski definition) is 3. The lowest BCUT2D eigenvalue weighted by Gasteiger charge is -2.26. The summed E-state index contributed by atoms with van der Waals surface area (Å²) in [5.41, 5.74) is 1.85. The molecule has 1 N–H and O–H groups in total. The lowest BCUT2D eigenvalue weighted by Crippen LogP contribution is -2.40. The number of fused-ring (bicyclic) bond motifs is 1. The van der Waals surface area contributed by atoms with Crippen LogP contribution in [0.1, 0.15) is 23.2 Å². The van der Waals surface area contributed by atoms with Crippen molar-refractivity contribution >= 4 is 16.8 Å². The Labute approximate surface area is 130 Å². The topological polar surface area (TPSA) is 54.7 Å². The van der Waals surface area contributed by atoms with Gasteiger partial charge in [-0.1, -0.05) is 18.2 Å². The van der Waals surface area contributed by atoms with Crippen LogP contribution in [0.5, 0.6) is 0 Å². The fraction of sp³-hybridized carbons (Fsp3) is 0.471. The first-order valence-electron chi connectivity index (χ1n) is 7.87. The number of aromatic nitrogens is 1. The molecule has 1 aliphatic rings. The Bertz CT molecular complexity index is 644. The normalized spacial score (nSPS) is 15.4. The van der Waals surface area contributed by atoms with E-state index < -0.39 is 0 Å². The van der Waals surface area contributed by atoms with Gasteiger partial charge in [-0.3, -0.25) is 4.79 Å². The molecule has 1 aromatic heterocycles. The molecule has 2 heterocycles. The number of amides is 1. The number of aliphatic hydroxyl groups is 1.